The zero-order chi connectivity index (χ0) is 33.7. The molecule has 2 N–H and O–H groups in total. The van der Waals surface area contributed by atoms with Crippen LogP contribution in [0.2, 0.25) is 0 Å². The number of carbonyl (C=O) groups excluding carboxylic acids is 3. The fourth-order valence-corrected chi connectivity index (χ4v) is 5.79. The van der Waals surface area contributed by atoms with Crippen molar-refractivity contribution in [1.82, 2.24) is 0 Å². The lowest BCUT2D eigenvalue weighted by Crippen LogP contribution is -2.52. The van der Waals surface area contributed by atoms with Crippen LogP contribution in [0.4, 0.5) is 0 Å². The summed E-state index contributed by atoms with van der Waals surface area (Å²) in [5.74, 6) is -1.85. The van der Waals surface area contributed by atoms with E-state index in [-0.39, 0.29) is 24.2 Å². The van der Waals surface area contributed by atoms with Gasteiger partial charge in [-0.25, -0.2) is 9.59 Å². The van der Waals surface area contributed by atoms with Gasteiger partial charge in [-0.15, -0.1) is 0 Å². The van der Waals surface area contributed by atoms with Gasteiger partial charge >= 0.3 is 17.9 Å². The fourth-order valence-electron chi connectivity index (χ4n) is 5.79. The Hall–Kier alpha value is -3.49. The third kappa shape index (κ3) is 14.0. The third-order valence-corrected chi connectivity index (χ3v) is 8.63. The molecule has 8 nitrogen and oxygen atoms in total. The first-order valence-corrected chi connectivity index (χ1v) is 17.6. The molecule has 0 unspecified atom stereocenters. The van der Waals surface area contributed by atoms with Gasteiger partial charge in [-0.2, -0.15) is 0 Å². The monoisotopic (exact) mass is 650 g/mol. The van der Waals surface area contributed by atoms with Crippen molar-refractivity contribution in [3.05, 3.63) is 83.4 Å². The summed E-state index contributed by atoms with van der Waals surface area (Å²) in [7, 11) is 0. The number of esters is 3. The van der Waals surface area contributed by atoms with E-state index in [0.717, 1.165) is 19.3 Å². The molecule has 1 aliphatic carbocycles. The van der Waals surface area contributed by atoms with E-state index in [1.807, 2.05) is 0 Å². The van der Waals surface area contributed by atoms with E-state index in [4.69, 9.17) is 14.2 Å². The Kier molecular flexibility index (Phi) is 17.9. The molecule has 47 heavy (non-hydrogen) atoms. The lowest BCUT2D eigenvalue weighted by molar-refractivity contribution is -0.161. The number of hydrogen-bond acceptors (Lipinski definition) is 8. The van der Waals surface area contributed by atoms with E-state index in [2.05, 4.69) is 6.92 Å². The largest absolute Gasteiger partial charge is 0.457 e. The molecule has 3 rings (SSSR count). The molecule has 8 heteroatoms. The minimum absolute atomic E-state index is 0.162. The first-order chi connectivity index (χ1) is 22.9. The summed E-state index contributed by atoms with van der Waals surface area (Å²) in [6.07, 6.45) is 14.3. The summed E-state index contributed by atoms with van der Waals surface area (Å²) in [5, 5.41) is 22.1. The first-order valence-electron chi connectivity index (χ1n) is 17.6. The van der Waals surface area contributed by atoms with Gasteiger partial charge in [-0.1, -0.05) is 133 Å². The second-order valence-electron chi connectivity index (χ2n) is 12.5. The van der Waals surface area contributed by atoms with Gasteiger partial charge in [0.2, 0.25) is 0 Å². The quantitative estimate of drug-likeness (QED) is 0.0571. The van der Waals surface area contributed by atoms with Crippen molar-refractivity contribution >= 4 is 17.9 Å². The van der Waals surface area contributed by atoms with Gasteiger partial charge < -0.3 is 24.4 Å². The van der Waals surface area contributed by atoms with E-state index in [1.54, 1.807) is 60.7 Å². The molecule has 1 aliphatic rings. The van der Waals surface area contributed by atoms with E-state index in [9.17, 15) is 24.6 Å². The van der Waals surface area contributed by atoms with Gasteiger partial charge in [-0.3, -0.25) is 4.79 Å². The topological polar surface area (TPSA) is 119 Å². The highest BCUT2D eigenvalue weighted by atomic mass is 16.6. The maximum Gasteiger partial charge on any atom is 0.338 e. The van der Waals surface area contributed by atoms with Crippen LogP contribution < -0.4 is 0 Å². The summed E-state index contributed by atoms with van der Waals surface area (Å²) in [4.78, 5) is 38.1. The van der Waals surface area contributed by atoms with Crippen LogP contribution in [0, 0.1) is 0 Å². The number of unbranched alkanes of at least 4 members (excludes halogenated alkanes) is 14. The molecule has 0 bridgehead atoms. The third-order valence-electron chi connectivity index (χ3n) is 8.63. The molecule has 2 aromatic rings. The van der Waals surface area contributed by atoms with Crippen LogP contribution >= 0.6 is 0 Å². The second kappa shape index (κ2) is 22.1. The zero-order valence-corrected chi connectivity index (χ0v) is 28.0. The Balaban J connectivity index is 1.43. The van der Waals surface area contributed by atoms with Crippen LogP contribution in [0.3, 0.4) is 0 Å². The highest BCUT2D eigenvalue weighted by Gasteiger charge is 2.43. The Bertz CT molecular complexity index is 1210. The number of aliphatic hydroxyl groups is 2. The van der Waals surface area contributed by atoms with Crippen molar-refractivity contribution < 1.29 is 38.8 Å². The molecule has 2 aromatic carbocycles. The van der Waals surface area contributed by atoms with E-state index >= 15 is 0 Å². The number of aliphatic hydroxyl groups excluding tert-OH is 2. The van der Waals surface area contributed by atoms with E-state index in [1.165, 1.54) is 76.7 Å². The molecule has 0 fully saturated rings. The molecular weight excluding hydrogens is 596 g/mol. The highest BCUT2D eigenvalue weighted by molar-refractivity contribution is 5.90. The van der Waals surface area contributed by atoms with Crippen molar-refractivity contribution in [2.75, 3.05) is 6.61 Å². The lowest BCUT2D eigenvalue weighted by Gasteiger charge is -2.36. The number of ether oxygens (including phenoxy) is 3. The van der Waals surface area contributed by atoms with Crippen molar-refractivity contribution in [2.24, 2.45) is 0 Å². The summed E-state index contributed by atoms with van der Waals surface area (Å²) < 4.78 is 16.5. The van der Waals surface area contributed by atoms with Gasteiger partial charge in [0.05, 0.1) is 11.1 Å². The molecule has 4 atom stereocenters. The van der Waals surface area contributed by atoms with Crippen LogP contribution in [-0.2, 0) is 19.0 Å². The minimum Gasteiger partial charge on any atom is -0.457 e. The predicted octanol–water partition coefficient (Wildman–Crippen LogP) is 7.90. The van der Waals surface area contributed by atoms with Crippen LogP contribution in [0.15, 0.2) is 72.3 Å². The average Bonchev–Trinajstić information content (AvgIpc) is 3.09. The van der Waals surface area contributed by atoms with Crippen molar-refractivity contribution in [3.8, 4) is 0 Å². The van der Waals surface area contributed by atoms with Gasteiger partial charge in [0.25, 0.3) is 0 Å². The van der Waals surface area contributed by atoms with Gasteiger partial charge in [0, 0.05) is 6.42 Å². The number of carbonyl (C=O) groups is 3. The van der Waals surface area contributed by atoms with Crippen LogP contribution in [0.25, 0.3) is 0 Å². The molecule has 258 valence electrons. The van der Waals surface area contributed by atoms with Crippen LogP contribution in [0.1, 0.15) is 130 Å². The van der Waals surface area contributed by atoms with Crippen molar-refractivity contribution in [1.29, 1.82) is 0 Å². The molecule has 0 aliphatic heterocycles. The Morgan fingerprint density at radius 1 is 0.617 bits per heavy atom. The van der Waals surface area contributed by atoms with E-state index in [0.29, 0.717) is 12.0 Å². The summed E-state index contributed by atoms with van der Waals surface area (Å²) >= 11 is 0. The van der Waals surface area contributed by atoms with Gasteiger partial charge in [0.1, 0.15) is 24.9 Å². The van der Waals surface area contributed by atoms with Crippen LogP contribution in [-0.4, -0.2) is 59.1 Å². The first kappa shape index (κ1) is 38.0. The van der Waals surface area contributed by atoms with Crippen molar-refractivity contribution in [2.45, 2.75) is 134 Å². The fraction of sp³-hybridized carbons (Fsp3) is 0.564. The maximum atomic E-state index is 12.8. The van der Waals surface area contributed by atoms with E-state index < -0.39 is 42.3 Å². The van der Waals surface area contributed by atoms with Gasteiger partial charge in [-0.05, 0) is 42.3 Å². The summed E-state index contributed by atoms with van der Waals surface area (Å²) in [6, 6.07) is 16.6. The normalized spacial score (nSPS) is 19.1. The zero-order valence-electron chi connectivity index (χ0n) is 28.0. The number of benzene rings is 2. The molecule has 0 saturated carbocycles. The molecule has 0 saturated heterocycles. The molecule has 0 radical (unpaired) electrons. The molecule has 0 spiro atoms. The van der Waals surface area contributed by atoms with Crippen molar-refractivity contribution in [3.63, 3.8) is 0 Å². The SMILES string of the molecule is CCCCCCCCCCCCCCCCCC(=O)O[C@@H]1C=C(COC(=O)c2ccccc2)[C@@H](O)[C@H](OC(=O)c2ccccc2)[C@H]1O. The Morgan fingerprint density at radius 2 is 1.09 bits per heavy atom. The molecular formula is C39H54O8. The smallest absolute Gasteiger partial charge is 0.338 e. The summed E-state index contributed by atoms with van der Waals surface area (Å²) in [6.45, 7) is 1.91. The van der Waals surface area contributed by atoms with Gasteiger partial charge in [0.15, 0.2) is 6.10 Å². The lowest BCUT2D eigenvalue weighted by atomic mass is 9.89. The Labute approximate surface area is 280 Å². The second-order valence-corrected chi connectivity index (χ2v) is 12.5. The molecule has 0 amide bonds. The highest BCUT2D eigenvalue weighted by Crippen LogP contribution is 2.27. The number of rotatable bonds is 22. The molecule has 0 aromatic heterocycles. The maximum absolute atomic E-state index is 12.8. The molecule has 0 heterocycles. The average molecular weight is 651 g/mol. The minimum atomic E-state index is -1.52. The Morgan fingerprint density at radius 3 is 1.60 bits per heavy atom. The summed E-state index contributed by atoms with van der Waals surface area (Å²) in [5.41, 5.74) is 0.729. The predicted molar refractivity (Wildman–Crippen MR) is 182 cm³/mol. The number of hydrogen-bond donors (Lipinski definition) is 2. The standard InChI is InChI=1S/C39H54O8/c1-2-3-4-5-6-7-8-9-10-11-12-13-14-15-22-27-34(40)46-33-28-32(29-45-38(43)30-23-18-16-19-24-30)35(41)37(36(33)42)47-39(44)31-25-20-17-21-26-31/h16-21,23-26,28,33,35-37,41-42H,2-15,22,27,29H2,1H3/t33-,35-,36+,37+/m1/s1. The van der Waals surface area contributed by atoms with Crippen LogP contribution in [0.5, 0.6) is 0 Å².